The van der Waals surface area contributed by atoms with Gasteiger partial charge in [0.05, 0.1) is 30.9 Å². The largest absolute Gasteiger partial charge is 0.491 e. The fourth-order valence-corrected chi connectivity index (χ4v) is 3.63. The normalized spacial score (nSPS) is 20.8. The molecule has 7 nitrogen and oxygen atoms in total. The van der Waals surface area contributed by atoms with Gasteiger partial charge in [-0.15, -0.1) is 0 Å². The molecule has 31 heavy (non-hydrogen) atoms. The summed E-state index contributed by atoms with van der Waals surface area (Å²) in [5.74, 6) is -0.801. The lowest BCUT2D eigenvalue weighted by molar-refractivity contribution is -0.230. The van der Waals surface area contributed by atoms with Crippen molar-refractivity contribution in [1.82, 2.24) is 4.90 Å². The molecule has 0 atom stereocenters. The topological polar surface area (TPSA) is 74.3 Å². The number of imide groups is 1. The molecule has 0 radical (unpaired) electrons. The van der Waals surface area contributed by atoms with Crippen LogP contribution in [0, 0.1) is 5.82 Å². The number of carbonyl (C=O) groups excluding carboxylic acids is 2. The Morgan fingerprint density at radius 2 is 1.74 bits per heavy atom. The summed E-state index contributed by atoms with van der Waals surface area (Å²) in [6, 6.07) is 11.4. The first-order valence-corrected chi connectivity index (χ1v) is 10.3. The quantitative estimate of drug-likeness (QED) is 0.473. The molecule has 8 heteroatoms. The zero-order valence-corrected chi connectivity index (χ0v) is 17.2. The Morgan fingerprint density at radius 3 is 2.35 bits per heavy atom. The van der Waals surface area contributed by atoms with Crippen molar-refractivity contribution in [3.63, 3.8) is 0 Å². The third-order valence-electron chi connectivity index (χ3n) is 5.15. The van der Waals surface area contributed by atoms with E-state index in [9.17, 15) is 14.0 Å². The van der Waals surface area contributed by atoms with E-state index in [1.807, 2.05) is 0 Å². The van der Waals surface area contributed by atoms with Crippen molar-refractivity contribution < 1.29 is 32.9 Å². The molecular weight excluding hydrogens is 405 g/mol. The van der Waals surface area contributed by atoms with Crippen LogP contribution in [0.1, 0.15) is 45.9 Å². The molecule has 2 heterocycles. The van der Waals surface area contributed by atoms with Gasteiger partial charge in [0.1, 0.15) is 6.10 Å². The minimum atomic E-state index is -0.664. The minimum absolute atomic E-state index is 0.196. The second-order valence-electron chi connectivity index (χ2n) is 7.28. The smallest absolute Gasteiger partial charge is 0.261 e. The number of amides is 2. The fraction of sp³-hybridized carbons (Fsp3) is 0.391. The van der Waals surface area contributed by atoms with Crippen LogP contribution in [0.25, 0.3) is 0 Å². The maximum absolute atomic E-state index is 14.0. The Kier molecular flexibility index (Phi) is 6.60. The number of fused-ring (bicyclic) bond motifs is 1. The summed E-state index contributed by atoms with van der Waals surface area (Å²) in [7, 11) is 0. The van der Waals surface area contributed by atoms with Gasteiger partial charge in [0.2, 0.25) is 0 Å². The van der Waals surface area contributed by atoms with Crippen LogP contribution in [0.4, 0.5) is 4.39 Å². The Morgan fingerprint density at radius 1 is 1.06 bits per heavy atom. The Labute approximate surface area is 179 Å². The lowest BCUT2D eigenvalue weighted by Crippen LogP contribution is -2.35. The number of carbonyl (C=O) groups is 2. The molecule has 2 aliphatic rings. The van der Waals surface area contributed by atoms with Gasteiger partial charge in [0.25, 0.3) is 11.8 Å². The third-order valence-corrected chi connectivity index (χ3v) is 5.15. The van der Waals surface area contributed by atoms with Gasteiger partial charge in [-0.25, -0.2) is 4.39 Å². The van der Waals surface area contributed by atoms with Crippen molar-refractivity contribution in [3.8, 4) is 5.75 Å². The Balaban J connectivity index is 1.20. The van der Waals surface area contributed by atoms with Crippen LogP contribution < -0.4 is 4.74 Å². The maximum Gasteiger partial charge on any atom is 0.261 e. The van der Waals surface area contributed by atoms with E-state index in [4.69, 9.17) is 18.9 Å². The van der Waals surface area contributed by atoms with Crippen molar-refractivity contribution in [2.45, 2.75) is 25.7 Å². The van der Waals surface area contributed by atoms with E-state index < -0.39 is 12.1 Å². The zero-order valence-electron chi connectivity index (χ0n) is 17.2. The number of hydrogen-bond donors (Lipinski definition) is 0. The van der Waals surface area contributed by atoms with Gasteiger partial charge in [-0.2, -0.15) is 0 Å². The van der Waals surface area contributed by atoms with Gasteiger partial charge in [-0.05, 0) is 37.6 Å². The summed E-state index contributed by atoms with van der Waals surface area (Å²) in [6.45, 7) is 3.42. The highest BCUT2D eigenvalue weighted by molar-refractivity contribution is 6.21. The molecule has 2 aromatic carbocycles. The van der Waals surface area contributed by atoms with Crippen LogP contribution in [0.2, 0.25) is 0 Å². The highest BCUT2D eigenvalue weighted by atomic mass is 19.1. The number of hydrogen-bond acceptors (Lipinski definition) is 6. The molecule has 0 unspecified atom stereocenters. The van der Waals surface area contributed by atoms with Crippen LogP contribution in [-0.4, -0.2) is 55.8 Å². The lowest BCUT2D eigenvalue weighted by Gasteiger charge is -2.29. The number of ether oxygens (including phenoxy) is 4. The predicted octanol–water partition coefficient (Wildman–Crippen LogP) is 3.34. The third kappa shape index (κ3) is 4.61. The van der Waals surface area contributed by atoms with Crippen molar-refractivity contribution in [3.05, 3.63) is 65.0 Å². The van der Waals surface area contributed by atoms with Crippen LogP contribution in [-0.2, 0) is 14.2 Å². The van der Waals surface area contributed by atoms with Gasteiger partial charge in [-0.1, -0.05) is 18.2 Å². The molecule has 0 spiro atoms. The highest BCUT2D eigenvalue weighted by Gasteiger charge is 2.34. The standard InChI is InChI=1S/C23H24FNO6/c1-2-28-20-9-8-15(12-19(20)24)23-30-13-16(14-31-23)29-11-5-10-25-21(26)17-6-3-4-7-18(17)22(25)27/h3-4,6-9,12,16,23H,2,5,10-11,13-14H2,1H3. The lowest BCUT2D eigenvalue weighted by atomic mass is 10.1. The minimum Gasteiger partial charge on any atom is -0.491 e. The highest BCUT2D eigenvalue weighted by Crippen LogP contribution is 2.28. The molecule has 0 aliphatic carbocycles. The molecule has 0 aromatic heterocycles. The van der Waals surface area contributed by atoms with E-state index in [1.54, 1.807) is 43.3 Å². The molecule has 2 amide bonds. The molecule has 1 fully saturated rings. The monoisotopic (exact) mass is 429 g/mol. The van der Waals surface area contributed by atoms with Gasteiger partial charge < -0.3 is 18.9 Å². The van der Waals surface area contributed by atoms with Gasteiger partial charge in [0.15, 0.2) is 17.9 Å². The Hall–Kier alpha value is -2.81. The summed E-state index contributed by atoms with van der Waals surface area (Å²) >= 11 is 0. The summed E-state index contributed by atoms with van der Waals surface area (Å²) in [5.41, 5.74) is 1.46. The van der Waals surface area contributed by atoms with Crippen LogP contribution in [0.3, 0.4) is 0 Å². The van der Waals surface area contributed by atoms with Crippen LogP contribution in [0.15, 0.2) is 42.5 Å². The van der Waals surface area contributed by atoms with E-state index in [0.717, 1.165) is 0 Å². The fourth-order valence-electron chi connectivity index (χ4n) is 3.63. The summed E-state index contributed by atoms with van der Waals surface area (Å²) < 4.78 is 36.3. The molecular formula is C23H24FNO6. The SMILES string of the molecule is CCOc1ccc(C2OCC(OCCCN3C(=O)c4ccccc4C3=O)CO2)cc1F. The van der Waals surface area contributed by atoms with E-state index in [1.165, 1.54) is 11.0 Å². The number of halogens is 1. The number of benzene rings is 2. The summed E-state index contributed by atoms with van der Waals surface area (Å²) in [5, 5.41) is 0. The molecule has 1 saturated heterocycles. The van der Waals surface area contributed by atoms with Crippen LogP contribution in [0.5, 0.6) is 5.75 Å². The first kappa shape index (κ1) is 21.4. The molecule has 0 saturated carbocycles. The number of nitrogens with zero attached hydrogens (tertiary/aromatic N) is 1. The Bertz CT molecular complexity index is 922. The molecule has 0 N–H and O–H groups in total. The first-order chi connectivity index (χ1) is 15.1. The van der Waals surface area contributed by atoms with E-state index in [2.05, 4.69) is 0 Å². The predicted molar refractivity (Wildman–Crippen MR) is 108 cm³/mol. The zero-order chi connectivity index (χ0) is 21.8. The second kappa shape index (κ2) is 9.55. The number of rotatable bonds is 8. The van der Waals surface area contributed by atoms with E-state index >= 15 is 0 Å². The van der Waals surface area contributed by atoms with Gasteiger partial charge in [-0.3, -0.25) is 14.5 Å². The van der Waals surface area contributed by atoms with E-state index in [0.29, 0.717) is 49.5 Å². The van der Waals surface area contributed by atoms with Crippen molar-refractivity contribution in [1.29, 1.82) is 0 Å². The van der Waals surface area contributed by atoms with Crippen LogP contribution >= 0.6 is 0 Å². The summed E-state index contributed by atoms with van der Waals surface area (Å²) in [6.07, 6.45) is -0.426. The molecule has 0 bridgehead atoms. The molecule has 164 valence electrons. The summed E-state index contributed by atoms with van der Waals surface area (Å²) in [4.78, 5) is 25.9. The molecule has 2 aliphatic heterocycles. The van der Waals surface area contributed by atoms with Crippen molar-refractivity contribution in [2.24, 2.45) is 0 Å². The average molecular weight is 429 g/mol. The maximum atomic E-state index is 14.0. The molecule has 2 aromatic rings. The van der Waals surface area contributed by atoms with Crippen molar-refractivity contribution >= 4 is 11.8 Å². The van der Waals surface area contributed by atoms with Crippen molar-refractivity contribution in [2.75, 3.05) is 33.0 Å². The second-order valence-corrected chi connectivity index (χ2v) is 7.28. The average Bonchev–Trinajstić information content (AvgIpc) is 3.03. The van der Waals surface area contributed by atoms with Gasteiger partial charge in [0, 0.05) is 18.7 Å². The first-order valence-electron chi connectivity index (χ1n) is 10.3. The van der Waals surface area contributed by atoms with Gasteiger partial charge >= 0.3 is 0 Å². The molecule has 4 rings (SSSR count). The van der Waals surface area contributed by atoms with E-state index in [-0.39, 0.29) is 30.2 Å².